The van der Waals surface area contributed by atoms with Gasteiger partial charge in [-0.15, -0.1) is 0 Å². The number of aromatic nitrogens is 1. The van der Waals surface area contributed by atoms with Gasteiger partial charge >= 0.3 is 0 Å². The van der Waals surface area contributed by atoms with E-state index in [0.29, 0.717) is 5.82 Å². The summed E-state index contributed by atoms with van der Waals surface area (Å²) >= 11 is 0. The van der Waals surface area contributed by atoms with E-state index in [0.717, 1.165) is 24.8 Å². The van der Waals surface area contributed by atoms with E-state index in [-0.39, 0.29) is 0 Å². The zero-order chi connectivity index (χ0) is 13.0. The van der Waals surface area contributed by atoms with Crippen LogP contribution in [0.1, 0.15) is 25.0 Å². The van der Waals surface area contributed by atoms with Gasteiger partial charge in [0.05, 0.1) is 6.54 Å². The van der Waals surface area contributed by atoms with Crippen molar-refractivity contribution in [2.24, 2.45) is 5.92 Å². The second kappa shape index (κ2) is 6.20. The SMILES string of the molecule is CN(CCC1CCCN(C)C1)Cc1cc(N)no1. The standard InChI is InChI=1S/C13H24N4O/c1-16-6-3-4-11(9-16)5-7-17(2)10-12-8-13(14)15-18-12/h8,11H,3-7,9-10H2,1-2H3,(H2,14,15). The molecule has 1 unspecified atom stereocenters. The molecular formula is C13H24N4O. The smallest absolute Gasteiger partial charge is 0.167 e. The van der Waals surface area contributed by atoms with Gasteiger partial charge in [0, 0.05) is 12.6 Å². The summed E-state index contributed by atoms with van der Waals surface area (Å²) < 4.78 is 5.12. The molecule has 1 aliphatic heterocycles. The summed E-state index contributed by atoms with van der Waals surface area (Å²) in [6.07, 6.45) is 3.96. The van der Waals surface area contributed by atoms with E-state index in [1.165, 1.54) is 32.4 Å². The van der Waals surface area contributed by atoms with Crippen LogP contribution in [-0.4, -0.2) is 48.7 Å². The highest BCUT2D eigenvalue weighted by molar-refractivity contribution is 5.26. The van der Waals surface area contributed by atoms with Crippen LogP contribution in [0.25, 0.3) is 0 Å². The minimum atomic E-state index is 0.465. The van der Waals surface area contributed by atoms with Crippen molar-refractivity contribution in [1.82, 2.24) is 15.0 Å². The van der Waals surface area contributed by atoms with E-state index in [1.807, 2.05) is 0 Å². The molecule has 1 fully saturated rings. The summed E-state index contributed by atoms with van der Waals surface area (Å²) in [4.78, 5) is 4.71. The zero-order valence-electron chi connectivity index (χ0n) is 11.4. The molecule has 0 bridgehead atoms. The zero-order valence-corrected chi connectivity index (χ0v) is 11.4. The number of nitrogen functional groups attached to an aromatic ring is 1. The fraction of sp³-hybridized carbons (Fsp3) is 0.769. The molecule has 0 spiro atoms. The van der Waals surface area contributed by atoms with E-state index in [9.17, 15) is 0 Å². The molecule has 5 heteroatoms. The summed E-state index contributed by atoms with van der Waals surface area (Å²) in [5.41, 5.74) is 5.53. The lowest BCUT2D eigenvalue weighted by atomic mass is 9.95. The van der Waals surface area contributed by atoms with Crippen LogP contribution in [0.3, 0.4) is 0 Å². The topological polar surface area (TPSA) is 58.5 Å². The van der Waals surface area contributed by atoms with Crippen molar-refractivity contribution in [2.45, 2.75) is 25.8 Å². The molecule has 1 aromatic heterocycles. The highest BCUT2D eigenvalue weighted by Crippen LogP contribution is 2.19. The summed E-state index contributed by atoms with van der Waals surface area (Å²) in [6, 6.07) is 1.80. The summed E-state index contributed by atoms with van der Waals surface area (Å²) in [7, 11) is 4.33. The van der Waals surface area contributed by atoms with Gasteiger partial charge in [-0.3, -0.25) is 4.90 Å². The third kappa shape index (κ3) is 3.99. The van der Waals surface area contributed by atoms with Gasteiger partial charge < -0.3 is 15.2 Å². The molecule has 0 aromatic carbocycles. The van der Waals surface area contributed by atoms with Crippen molar-refractivity contribution in [3.8, 4) is 0 Å². The van der Waals surface area contributed by atoms with E-state index >= 15 is 0 Å². The van der Waals surface area contributed by atoms with Crippen molar-refractivity contribution >= 4 is 5.82 Å². The number of likely N-dealkylation sites (tertiary alicyclic amines) is 1. The first-order chi connectivity index (χ1) is 8.63. The van der Waals surface area contributed by atoms with E-state index in [4.69, 9.17) is 10.3 Å². The van der Waals surface area contributed by atoms with Crippen LogP contribution in [0.2, 0.25) is 0 Å². The molecule has 5 nitrogen and oxygen atoms in total. The molecule has 0 aliphatic carbocycles. The van der Waals surface area contributed by atoms with Gasteiger partial charge in [-0.05, 0) is 52.4 Å². The van der Waals surface area contributed by atoms with Gasteiger partial charge in [-0.1, -0.05) is 5.16 Å². The highest BCUT2D eigenvalue weighted by Gasteiger charge is 2.17. The van der Waals surface area contributed by atoms with E-state index < -0.39 is 0 Å². The Kier molecular flexibility index (Phi) is 4.60. The van der Waals surface area contributed by atoms with Crippen LogP contribution in [0, 0.1) is 5.92 Å². The molecule has 1 atom stereocenters. The number of nitrogens with two attached hydrogens (primary N) is 1. The lowest BCUT2D eigenvalue weighted by Gasteiger charge is -2.30. The average molecular weight is 252 g/mol. The van der Waals surface area contributed by atoms with Crippen LogP contribution >= 0.6 is 0 Å². The maximum absolute atomic E-state index is 5.53. The maximum Gasteiger partial charge on any atom is 0.167 e. The largest absolute Gasteiger partial charge is 0.381 e. The number of nitrogens with zero attached hydrogens (tertiary/aromatic N) is 3. The van der Waals surface area contributed by atoms with Gasteiger partial charge in [-0.2, -0.15) is 0 Å². The number of piperidine rings is 1. The van der Waals surface area contributed by atoms with Crippen molar-refractivity contribution < 1.29 is 4.52 Å². The Hall–Kier alpha value is -1.07. The lowest BCUT2D eigenvalue weighted by Crippen LogP contribution is -2.33. The average Bonchev–Trinajstić information content (AvgIpc) is 2.72. The van der Waals surface area contributed by atoms with Gasteiger partial charge in [0.25, 0.3) is 0 Å². The van der Waals surface area contributed by atoms with Crippen LogP contribution < -0.4 is 5.73 Å². The van der Waals surface area contributed by atoms with Crippen molar-refractivity contribution in [3.05, 3.63) is 11.8 Å². The minimum Gasteiger partial charge on any atom is -0.381 e. The molecule has 0 amide bonds. The normalized spacial score (nSPS) is 21.6. The van der Waals surface area contributed by atoms with Crippen LogP contribution in [0.4, 0.5) is 5.82 Å². The Bertz CT molecular complexity index is 366. The Labute approximate surface area is 109 Å². The van der Waals surface area contributed by atoms with Gasteiger partial charge in [0.15, 0.2) is 11.6 Å². The lowest BCUT2D eigenvalue weighted by molar-refractivity contribution is 0.180. The quantitative estimate of drug-likeness (QED) is 0.859. The van der Waals surface area contributed by atoms with Crippen LogP contribution in [0.5, 0.6) is 0 Å². The molecule has 1 aliphatic rings. The van der Waals surface area contributed by atoms with Gasteiger partial charge in [0.1, 0.15) is 0 Å². The molecule has 1 saturated heterocycles. The monoisotopic (exact) mass is 252 g/mol. The predicted molar refractivity (Wildman–Crippen MR) is 72.1 cm³/mol. The molecule has 102 valence electrons. The number of hydrogen-bond donors (Lipinski definition) is 1. The predicted octanol–water partition coefficient (Wildman–Crippen LogP) is 1.42. The first-order valence-electron chi connectivity index (χ1n) is 6.71. The molecule has 2 N–H and O–H groups in total. The summed E-state index contributed by atoms with van der Waals surface area (Å²) in [5.74, 6) is 2.15. The van der Waals surface area contributed by atoms with E-state index in [1.54, 1.807) is 6.07 Å². The maximum atomic E-state index is 5.53. The molecule has 1 aromatic rings. The van der Waals surface area contributed by atoms with Crippen LogP contribution in [-0.2, 0) is 6.54 Å². The summed E-state index contributed by atoms with van der Waals surface area (Å²) in [6.45, 7) is 4.37. The van der Waals surface area contributed by atoms with Gasteiger partial charge in [-0.25, -0.2) is 0 Å². The van der Waals surface area contributed by atoms with E-state index in [2.05, 4.69) is 29.1 Å². The Morgan fingerprint density at radius 3 is 3.11 bits per heavy atom. The number of anilines is 1. The third-order valence-electron chi connectivity index (χ3n) is 3.64. The second-order valence-electron chi connectivity index (χ2n) is 5.52. The fourth-order valence-electron chi connectivity index (χ4n) is 2.66. The first-order valence-corrected chi connectivity index (χ1v) is 6.71. The molecule has 0 radical (unpaired) electrons. The van der Waals surface area contributed by atoms with Crippen LogP contribution in [0.15, 0.2) is 10.6 Å². The summed E-state index contributed by atoms with van der Waals surface area (Å²) in [5, 5.41) is 3.70. The molecular weight excluding hydrogens is 228 g/mol. The number of rotatable bonds is 5. The second-order valence-corrected chi connectivity index (χ2v) is 5.52. The van der Waals surface area contributed by atoms with Crippen molar-refractivity contribution in [1.29, 1.82) is 0 Å². The Balaban J connectivity index is 1.69. The first kappa shape index (κ1) is 13.4. The Morgan fingerprint density at radius 1 is 1.61 bits per heavy atom. The van der Waals surface area contributed by atoms with Crippen molar-refractivity contribution in [2.75, 3.05) is 39.5 Å². The van der Waals surface area contributed by atoms with Gasteiger partial charge in [0.2, 0.25) is 0 Å². The molecule has 18 heavy (non-hydrogen) atoms. The highest BCUT2D eigenvalue weighted by atomic mass is 16.5. The third-order valence-corrected chi connectivity index (χ3v) is 3.64. The number of hydrogen-bond acceptors (Lipinski definition) is 5. The fourth-order valence-corrected chi connectivity index (χ4v) is 2.66. The Morgan fingerprint density at radius 2 is 2.44 bits per heavy atom. The van der Waals surface area contributed by atoms with Crippen molar-refractivity contribution in [3.63, 3.8) is 0 Å². The molecule has 2 rings (SSSR count). The molecule has 0 saturated carbocycles. The molecule has 2 heterocycles. The minimum absolute atomic E-state index is 0.465.